The van der Waals surface area contributed by atoms with Gasteiger partial charge in [0.05, 0.1) is 11.6 Å². The number of fused-ring (bicyclic) bond motifs is 1. The van der Waals surface area contributed by atoms with Gasteiger partial charge in [0.25, 0.3) is 0 Å². The molecule has 0 aliphatic rings. The molecule has 2 aromatic carbocycles. The maximum atomic E-state index is 9.02. The fraction of sp³-hybridized carbons (Fsp3) is 0.0625. The van der Waals surface area contributed by atoms with Crippen molar-refractivity contribution in [2.24, 2.45) is 0 Å². The maximum absolute atomic E-state index is 9.02. The summed E-state index contributed by atoms with van der Waals surface area (Å²) < 4.78 is 5.75. The Morgan fingerprint density at radius 3 is 2.89 bits per heavy atom. The van der Waals surface area contributed by atoms with Crippen LogP contribution in [0.2, 0.25) is 0 Å². The lowest BCUT2D eigenvalue weighted by molar-refractivity contribution is 0.306. The van der Waals surface area contributed by atoms with Crippen molar-refractivity contribution in [3.63, 3.8) is 0 Å². The van der Waals surface area contributed by atoms with Gasteiger partial charge in [0.2, 0.25) is 0 Å². The molecule has 0 bridgehead atoms. The lowest BCUT2D eigenvalue weighted by Crippen LogP contribution is -1.97. The highest BCUT2D eigenvalue weighted by Gasteiger charge is 2.03. The molecule has 3 heteroatoms. The van der Waals surface area contributed by atoms with Gasteiger partial charge in [-0.05, 0) is 30.3 Å². The van der Waals surface area contributed by atoms with Crippen LogP contribution in [0.15, 0.2) is 54.7 Å². The van der Waals surface area contributed by atoms with E-state index in [-0.39, 0.29) is 0 Å². The molecule has 0 atom stereocenters. The average molecular weight is 248 g/mol. The molecule has 0 fully saturated rings. The van der Waals surface area contributed by atoms with Crippen molar-refractivity contribution in [2.45, 2.75) is 6.61 Å². The molecule has 0 radical (unpaired) electrons. The summed E-state index contributed by atoms with van der Waals surface area (Å²) in [6.45, 7) is 0.402. The standard InChI is InChI=1S/C16H12N2O/c17-10-13-3-1-2-4-14(13)11-19-15-5-6-16-12(9-15)7-8-18-16/h1-9,18H,11H2. The second kappa shape index (κ2) is 4.87. The van der Waals surface area contributed by atoms with Gasteiger partial charge in [0.15, 0.2) is 0 Å². The monoisotopic (exact) mass is 248 g/mol. The van der Waals surface area contributed by atoms with Crippen LogP contribution in [0.1, 0.15) is 11.1 Å². The minimum atomic E-state index is 0.402. The normalized spacial score (nSPS) is 10.3. The minimum absolute atomic E-state index is 0.402. The number of hydrogen-bond donors (Lipinski definition) is 1. The van der Waals surface area contributed by atoms with Gasteiger partial charge in [0, 0.05) is 22.7 Å². The first-order chi connectivity index (χ1) is 9.36. The van der Waals surface area contributed by atoms with Crippen LogP contribution >= 0.6 is 0 Å². The Hall–Kier alpha value is -2.73. The summed E-state index contributed by atoms with van der Waals surface area (Å²) in [5.41, 5.74) is 2.65. The van der Waals surface area contributed by atoms with E-state index in [2.05, 4.69) is 11.1 Å². The van der Waals surface area contributed by atoms with E-state index in [0.29, 0.717) is 12.2 Å². The first kappa shape index (κ1) is 11.4. The first-order valence-corrected chi connectivity index (χ1v) is 6.05. The number of nitriles is 1. The summed E-state index contributed by atoms with van der Waals surface area (Å²) in [6, 6.07) is 17.6. The van der Waals surface area contributed by atoms with Gasteiger partial charge in [-0.25, -0.2) is 0 Å². The first-order valence-electron chi connectivity index (χ1n) is 6.05. The third-order valence-corrected chi connectivity index (χ3v) is 3.06. The summed E-state index contributed by atoms with van der Waals surface area (Å²) in [5, 5.41) is 10.1. The van der Waals surface area contributed by atoms with E-state index in [1.165, 1.54) is 0 Å². The number of aromatic nitrogens is 1. The predicted molar refractivity (Wildman–Crippen MR) is 73.8 cm³/mol. The number of ether oxygens (including phenoxy) is 1. The summed E-state index contributed by atoms with van der Waals surface area (Å²) in [4.78, 5) is 3.14. The lowest BCUT2D eigenvalue weighted by atomic mass is 10.1. The van der Waals surface area contributed by atoms with Crippen LogP contribution in [-0.4, -0.2) is 4.98 Å². The van der Waals surface area contributed by atoms with Crippen molar-refractivity contribution >= 4 is 10.9 Å². The second-order valence-electron chi connectivity index (χ2n) is 4.28. The van der Waals surface area contributed by atoms with Gasteiger partial charge < -0.3 is 9.72 Å². The molecule has 0 saturated heterocycles. The fourth-order valence-corrected chi connectivity index (χ4v) is 2.04. The third-order valence-electron chi connectivity index (χ3n) is 3.06. The predicted octanol–water partition coefficient (Wildman–Crippen LogP) is 3.62. The number of nitrogens with one attached hydrogen (secondary N) is 1. The van der Waals surface area contributed by atoms with E-state index < -0.39 is 0 Å². The fourth-order valence-electron chi connectivity index (χ4n) is 2.04. The summed E-state index contributed by atoms with van der Waals surface area (Å²) in [5.74, 6) is 0.805. The van der Waals surface area contributed by atoms with Gasteiger partial charge in [0.1, 0.15) is 12.4 Å². The molecular formula is C16H12N2O. The lowest BCUT2D eigenvalue weighted by Gasteiger charge is -2.07. The molecular weight excluding hydrogens is 236 g/mol. The van der Waals surface area contributed by atoms with Crippen LogP contribution in [0.5, 0.6) is 5.75 Å². The van der Waals surface area contributed by atoms with Gasteiger partial charge in [-0.3, -0.25) is 0 Å². The van der Waals surface area contributed by atoms with E-state index in [1.54, 1.807) is 6.07 Å². The SMILES string of the molecule is N#Cc1ccccc1COc1ccc2[nH]ccc2c1. The zero-order chi connectivity index (χ0) is 13.1. The van der Waals surface area contributed by atoms with E-state index in [1.807, 2.05) is 48.7 Å². The van der Waals surface area contributed by atoms with Gasteiger partial charge in [-0.1, -0.05) is 18.2 Å². The molecule has 0 saturated carbocycles. The van der Waals surface area contributed by atoms with Crippen LogP contribution < -0.4 is 4.74 Å². The number of benzene rings is 2. The van der Waals surface area contributed by atoms with Crippen molar-refractivity contribution in [1.29, 1.82) is 5.26 Å². The Morgan fingerprint density at radius 2 is 2.00 bits per heavy atom. The largest absolute Gasteiger partial charge is 0.489 e. The molecule has 0 aliphatic heterocycles. The number of aromatic amines is 1. The highest BCUT2D eigenvalue weighted by atomic mass is 16.5. The molecule has 19 heavy (non-hydrogen) atoms. The highest BCUT2D eigenvalue weighted by molar-refractivity contribution is 5.80. The zero-order valence-corrected chi connectivity index (χ0v) is 10.3. The topological polar surface area (TPSA) is 48.8 Å². The number of H-pyrrole nitrogens is 1. The Kier molecular flexibility index (Phi) is 2.91. The van der Waals surface area contributed by atoms with Crippen LogP contribution in [0, 0.1) is 11.3 Å². The van der Waals surface area contributed by atoms with E-state index in [9.17, 15) is 0 Å². The van der Waals surface area contributed by atoms with Crippen LogP contribution in [0.3, 0.4) is 0 Å². The third kappa shape index (κ3) is 2.29. The van der Waals surface area contributed by atoms with Crippen molar-refractivity contribution in [2.75, 3.05) is 0 Å². The van der Waals surface area contributed by atoms with Crippen molar-refractivity contribution in [3.05, 3.63) is 65.9 Å². The smallest absolute Gasteiger partial charge is 0.120 e. The van der Waals surface area contributed by atoms with Gasteiger partial charge in [-0.2, -0.15) is 5.26 Å². The summed E-state index contributed by atoms with van der Waals surface area (Å²) in [7, 11) is 0. The van der Waals surface area contributed by atoms with Crippen LogP contribution in [0.4, 0.5) is 0 Å². The van der Waals surface area contributed by atoms with Crippen molar-refractivity contribution in [1.82, 2.24) is 4.98 Å². The molecule has 1 heterocycles. The molecule has 0 unspecified atom stereocenters. The van der Waals surface area contributed by atoms with Gasteiger partial charge >= 0.3 is 0 Å². The average Bonchev–Trinajstić information content (AvgIpc) is 2.93. The highest BCUT2D eigenvalue weighted by Crippen LogP contribution is 2.21. The van der Waals surface area contributed by atoms with Crippen molar-refractivity contribution < 1.29 is 4.74 Å². The van der Waals surface area contributed by atoms with Crippen LogP contribution in [0.25, 0.3) is 10.9 Å². The maximum Gasteiger partial charge on any atom is 0.120 e. The summed E-state index contributed by atoms with van der Waals surface area (Å²) in [6.07, 6.45) is 1.90. The Labute approximate surface area is 111 Å². The molecule has 1 N–H and O–H groups in total. The summed E-state index contributed by atoms with van der Waals surface area (Å²) >= 11 is 0. The zero-order valence-electron chi connectivity index (χ0n) is 10.3. The molecule has 0 aliphatic carbocycles. The Morgan fingerprint density at radius 1 is 1.11 bits per heavy atom. The second-order valence-corrected chi connectivity index (χ2v) is 4.28. The van der Waals surface area contributed by atoms with E-state index in [4.69, 9.17) is 10.00 Å². The minimum Gasteiger partial charge on any atom is -0.489 e. The molecule has 0 spiro atoms. The van der Waals surface area contributed by atoms with Crippen LogP contribution in [-0.2, 0) is 6.61 Å². The Balaban J connectivity index is 1.80. The quantitative estimate of drug-likeness (QED) is 0.769. The van der Waals surface area contributed by atoms with E-state index in [0.717, 1.165) is 22.2 Å². The molecule has 3 rings (SSSR count). The van der Waals surface area contributed by atoms with Crippen molar-refractivity contribution in [3.8, 4) is 11.8 Å². The molecule has 92 valence electrons. The van der Waals surface area contributed by atoms with E-state index >= 15 is 0 Å². The van der Waals surface area contributed by atoms with Gasteiger partial charge in [-0.15, -0.1) is 0 Å². The number of hydrogen-bond acceptors (Lipinski definition) is 2. The molecule has 1 aromatic heterocycles. The Bertz CT molecular complexity index is 753. The molecule has 3 aromatic rings. The number of rotatable bonds is 3. The molecule has 3 nitrogen and oxygen atoms in total. The number of nitrogens with zero attached hydrogens (tertiary/aromatic N) is 1. The molecule has 0 amide bonds.